The number of halogens is 1. The predicted octanol–water partition coefficient (Wildman–Crippen LogP) is 1.31. The minimum Gasteiger partial charge on any atom is -0.350 e. The van der Waals surface area contributed by atoms with Gasteiger partial charge in [-0.15, -0.1) is 11.8 Å². The summed E-state index contributed by atoms with van der Waals surface area (Å²) in [6, 6.07) is -0.347. The maximum absolute atomic E-state index is 12.1. The molecule has 13 heavy (non-hydrogen) atoms. The van der Waals surface area contributed by atoms with Crippen molar-refractivity contribution in [3.8, 4) is 0 Å². The van der Waals surface area contributed by atoms with Gasteiger partial charge in [-0.1, -0.05) is 0 Å². The van der Waals surface area contributed by atoms with Gasteiger partial charge in [0, 0.05) is 17.3 Å². The Kier molecular flexibility index (Phi) is 4.94. The average Bonchev–Trinajstić information content (AvgIpc) is 2.19. The summed E-state index contributed by atoms with van der Waals surface area (Å²) in [7, 11) is 0. The highest BCUT2D eigenvalue weighted by Gasteiger charge is 2.22. The molecule has 1 fully saturated rings. The molecule has 0 aliphatic carbocycles. The van der Waals surface area contributed by atoms with E-state index in [0.29, 0.717) is 0 Å². The smallest absolute Gasteiger partial charge is 0.234 e. The van der Waals surface area contributed by atoms with Crippen LogP contribution >= 0.6 is 23.5 Å². The number of carbonyl (C=O) groups is 1. The van der Waals surface area contributed by atoms with Crippen LogP contribution in [0, 0.1) is 0 Å². The Bertz CT molecular complexity index is 174. The molecule has 1 aliphatic heterocycles. The second kappa shape index (κ2) is 5.75. The van der Waals surface area contributed by atoms with Crippen molar-refractivity contribution in [1.29, 1.82) is 0 Å². The maximum atomic E-state index is 12.1. The van der Waals surface area contributed by atoms with Gasteiger partial charge in [-0.05, 0) is 6.92 Å². The van der Waals surface area contributed by atoms with E-state index in [-0.39, 0.29) is 17.2 Å². The molecule has 2 nitrogen and oxygen atoms in total. The van der Waals surface area contributed by atoms with Crippen molar-refractivity contribution in [3.63, 3.8) is 0 Å². The summed E-state index contributed by atoms with van der Waals surface area (Å²) in [6.07, 6.45) is 0. The molecule has 0 aromatic carbocycles. The second-order valence-corrected chi connectivity index (χ2v) is 5.46. The molecule has 0 bridgehead atoms. The molecule has 1 heterocycles. The van der Waals surface area contributed by atoms with Gasteiger partial charge in [0.1, 0.15) is 6.67 Å². The van der Waals surface area contributed by atoms with Crippen LogP contribution in [-0.2, 0) is 4.79 Å². The lowest BCUT2D eigenvalue weighted by Gasteiger charge is -2.21. The number of thioether (sulfide) groups is 2. The van der Waals surface area contributed by atoms with Crippen molar-refractivity contribution in [1.82, 2.24) is 5.32 Å². The Balaban J connectivity index is 2.29. The summed E-state index contributed by atoms with van der Waals surface area (Å²) in [5.74, 6) is 2.98. The lowest BCUT2D eigenvalue weighted by Crippen LogP contribution is -2.41. The molecule has 0 aromatic heterocycles. The molecule has 0 radical (unpaired) electrons. The van der Waals surface area contributed by atoms with Crippen molar-refractivity contribution < 1.29 is 9.18 Å². The summed E-state index contributed by atoms with van der Waals surface area (Å²) in [4.78, 5) is 11.5. The Morgan fingerprint density at radius 1 is 1.69 bits per heavy atom. The van der Waals surface area contributed by atoms with Crippen LogP contribution in [-0.4, -0.2) is 41.1 Å². The van der Waals surface area contributed by atoms with Gasteiger partial charge in [-0.2, -0.15) is 11.8 Å². The Hall–Kier alpha value is 0.1000. The highest BCUT2D eigenvalue weighted by atomic mass is 32.2. The van der Waals surface area contributed by atoms with Gasteiger partial charge in [-0.3, -0.25) is 4.79 Å². The van der Waals surface area contributed by atoms with E-state index in [1.54, 1.807) is 30.4 Å². The SMILES string of the molecule is CC(CF)NC(=O)C1CSCCS1. The summed E-state index contributed by atoms with van der Waals surface area (Å²) in [5.41, 5.74) is 0. The number of nitrogens with one attached hydrogen (secondary N) is 1. The first kappa shape index (κ1) is 11.2. The molecule has 0 spiro atoms. The van der Waals surface area contributed by atoms with E-state index in [4.69, 9.17) is 0 Å². The topological polar surface area (TPSA) is 29.1 Å². The Morgan fingerprint density at radius 3 is 3.00 bits per heavy atom. The standard InChI is InChI=1S/C8H14FNOS2/c1-6(4-9)10-8(11)7-5-12-2-3-13-7/h6-7H,2-5H2,1H3,(H,10,11). The quantitative estimate of drug-likeness (QED) is 0.782. The fraction of sp³-hybridized carbons (Fsp3) is 0.875. The van der Waals surface area contributed by atoms with E-state index in [1.807, 2.05) is 0 Å². The average molecular weight is 223 g/mol. The zero-order chi connectivity index (χ0) is 9.68. The van der Waals surface area contributed by atoms with Gasteiger partial charge in [0.25, 0.3) is 0 Å². The molecule has 5 heteroatoms. The van der Waals surface area contributed by atoms with Crippen LogP contribution in [0.3, 0.4) is 0 Å². The Morgan fingerprint density at radius 2 is 2.46 bits per heavy atom. The van der Waals surface area contributed by atoms with Gasteiger partial charge < -0.3 is 5.32 Å². The summed E-state index contributed by atoms with van der Waals surface area (Å²) in [6.45, 7) is 1.19. The summed E-state index contributed by atoms with van der Waals surface area (Å²) >= 11 is 3.46. The van der Waals surface area contributed by atoms with Crippen molar-refractivity contribution in [2.75, 3.05) is 23.9 Å². The molecule has 1 N–H and O–H groups in total. The monoisotopic (exact) mass is 223 g/mol. The van der Waals surface area contributed by atoms with Crippen LogP contribution in [0.2, 0.25) is 0 Å². The number of alkyl halides is 1. The van der Waals surface area contributed by atoms with Crippen molar-refractivity contribution in [3.05, 3.63) is 0 Å². The lowest BCUT2D eigenvalue weighted by molar-refractivity contribution is -0.120. The van der Waals surface area contributed by atoms with E-state index in [1.165, 1.54) is 0 Å². The van der Waals surface area contributed by atoms with Crippen molar-refractivity contribution in [2.24, 2.45) is 0 Å². The van der Waals surface area contributed by atoms with Crippen molar-refractivity contribution in [2.45, 2.75) is 18.2 Å². The van der Waals surface area contributed by atoms with Crippen LogP contribution in [0.5, 0.6) is 0 Å². The highest BCUT2D eigenvalue weighted by molar-refractivity contribution is 8.07. The molecule has 1 rings (SSSR count). The number of carbonyl (C=O) groups excluding carboxylic acids is 1. The van der Waals surface area contributed by atoms with Crippen LogP contribution in [0.4, 0.5) is 4.39 Å². The van der Waals surface area contributed by atoms with Crippen LogP contribution in [0.15, 0.2) is 0 Å². The van der Waals surface area contributed by atoms with Gasteiger partial charge in [0.2, 0.25) is 5.91 Å². The zero-order valence-electron chi connectivity index (χ0n) is 7.59. The minimum atomic E-state index is -0.490. The summed E-state index contributed by atoms with van der Waals surface area (Å²) in [5, 5.41) is 2.67. The van der Waals surface area contributed by atoms with E-state index in [9.17, 15) is 9.18 Å². The first-order valence-electron chi connectivity index (χ1n) is 4.29. The van der Waals surface area contributed by atoms with Crippen LogP contribution in [0.25, 0.3) is 0 Å². The molecule has 0 saturated carbocycles. The number of amides is 1. The molecule has 2 atom stereocenters. The minimum absolute atomic E-state index is 0.0117. The lowest BCUT2D eigenvalue weighted by atomic mass is 10.3. The molecule has 2 unspecified atom stereocenters. The normalized spacial score (nSPS) is 25.2. The van der Waals surface area contributed by atoms with Crippen LogP contribution in [0.1, 0.15) is 6.92 Å². The number of rotatable bonds is 3. The molecule has 76 valence electrons. The van der Waals surface area contributed by atoms with Gasteiger partial charge in [0.15, 0.2) is 0 Å². The largest absolute Gasteiger partial charge is 0.350 e. The molecule has 0 aromatic rings. The van der Waals surface area contributed by atoms with Gasteiger partial charge in [-0.25, -0.2) is 4.39 Å². The fourth-order valence-corrected chi connectivity index (χ4v) is 3.58. The summed E-state index contributed by atoms with van der Waals surface area (Å²) < 4.78 is 12.1. The highest BCUT2D eigenvalue weighted by Crippen LogP contribution is 2.23. The zero-order valence-corrected chi connectivity index (χ0v) is 9.22. The second-order valence-electron chi connectivity index (χ2n) is 3.00. The predicted molar refractivity (Wildman–Crippen MR) is 57.2 cm³/mol. The first-order valence-corrected chi connectivity index (χ1v) is 6.50. The molecular weight excluding hydrogens is 209 g/mol. The van der Waals surface area contributed by atoms with Crippen molar-refractivity contribution >= 4 is 29.4 Å². The number of hydrogen-bond donors (Lipinski definition) is 1. The molecule has 1 aliphatic rings. The first-order chi connectivity index (χ1) is 6.24. The fourth-order valence-electron chi connectivity index (χ4n) is 1.01. The van der Waals surface area contributed by atoms with Gasteiger partial charge >= 0.3 is 0 Å². The third kappa shape index (κ3) is 3.77. The molecule has 1 saturated heterocycles. The maximum Gasteiger partial charge on any atom is 0.234 e. The third-order valence-corrected chi connectivity index (χ3v) is 4.48. The molecular formula is C8H14FNOS2. The van der Waals surface area contributed by atoms with E-state index < -0.39 is 6.67 Å². The van der Waals surface area contributed by atoms with Crippen LogP contribution < -0.4 is 5.32 Å². The van der Waals surface area contributed by atoms with E-state index >= 15 is 0 Å². The van der Waals surface area contributed by atoms with E-state index in [0.717, 1.165) is 17.3 Å². The molecule has 1 amide bonds. The third-order valence-electron chi connectivity index (χ3n) is 1.73. The Labute approximate surface area is 86.4 Å². The van der Waals surface area contributed by atoms with E-state index in [2.05, 4.69) is 5.32 Å². The number of hydrogen-bond acceptors (Lipinski definition) is 3. The van der Waals surface area contributed by atoms with Gasteiger partial charge in [0.05, 0.1) is 11.3 Å².